The van der Waals surface area contributed by atoms with Gasteiger partial charge in [0.25, 0.3) is 12.9 Å². The second kappa shape index (κ2) is 7.59. The van der Waals surface area contributed by atoms with Gasteiger partial charge in [-0.15, -0.1) is 6.42 Å². The summed E-state index contributed by atoms with van der Waals surface area (Å²) >= 11 is 0. The monoisotopic (exact) mass is 420 g/mol. The van der Waals surface area contributed by atoms with E-state index in [2.05, 4.69) is 21.2 Å². The Morgan fingerprint density at radius 2 is 1.87 bits per heavy atom. The van der Waals surface area contributed by atoms with E-state index in [-0.39, 0.29) is 17.9 Å². The van der Waals surface area contributed by atoms with Crippen LogP contribution in [0.15, 0.2) is 30.7 Å². The molecule has 2 heterocycles. The predicted molar refractivity (Wildman–Crippen MR) is 101 cm³/mol. The number of benzene rings is 1. The Morgan fingerprint density at radius 1 is 1.13 bits per heavy atom. The topological polar surface area (TPSA) is 41.1 Å². The summed E-state index contributed by atoms with van der Waals surface area (Å²) in [5.74, 6) is 1.49. The van der Waals surface area contributed by atoms with Crippen LogP contribution in [-0.4, -0.2) is 26.8 Å². The summed E-state index contributed by atoms with van der Waals surface area (Å²) in [7, 11) is 0. The second-order valence-corrected chi connectivity index (χ2v) is 7.23. The van der Waals surface area contributed by atoms with E-state index in [0.29, 0.717) is 24.1 Å². The number of alkyl halides is 4. The van der Waals surface area contributed by atoms with Crippen molar-refractivity contribution in [2.45, 2.75) is 43.8 Å². The molecule has 4 rings (SSSR count). The van der Waals surface area contributed by atoms with Crippen molar-refractivity contribution in [2.24, 2.45) is 0 Å². The Kier molecular flexibility index (Phi) is 5.10. The molecule has 1 aromatic carbocycles. The lowest BCUT2D eigenvalue weighted by Crippen LogP contribution is -2.40. The summed E-state index contributed by atoms with van der Waals surface area (Å²) in [6.07, 6.45) is 5.25. The Balaban J connectivity index is 1.65. The van der Waals surface area contributed by atoms with Crippen LogP contribution in [0, 0.1) is 18.2 Å². The number of aromatic nitrogens is 2. The van der Waals surface area contributed by atoms with Gasteiger partial charge in [0, 0.05) is 23.9 Å². The lowest BCUT2D eigenvalue weighted by atomic mass is 10.0. The number of hydrogen-bond donors (Lipinski definition) is 1. The van der Waals surface area contributed by atoms with E-state index in [1.807, 2.05) is 0 Å². The predicted octanol–water partition coefficient (Wildman–Crippen LogP) is 4.92. The Morgan fingerprint density at radius 3 is 2.50 bits per heavy atom. The molecule has 1 N–H and O–H groups in total. The van der Waals surface area contributed by atoms with Crippen molar-refractivity contribution in [3.8, 4) is 12.3 Å². The van der Waals surface area contributed by atoms with Crippen molar-refractivity contribution < 1.29 is 22.0 Å². The third-order valence-electron chi connectivity index (χ3n) is 5.51. The van der Waals surface area contributed by atoms with Crippen molar-refractivity contribution in [3.63, 3.8) is 0 Å². The minimum atomic E-state index is -2.99. The average Bonchev–Trinajstić information content (AvgIpc) is 3.54. The number of hydrogen-bond acceptors (Lipinski definition) is 4. The molecule has 4 nitrogen and oxygen atoms in total. The molecule has 1 fully saturated rings. The summed E-state index contributed by atoms with van der Waals surface area (Å²) < 4.78 is 67.7. The van der Waals surface area contributed by atoms with Crippen LogP contribution in [-0.2, 0) is 6.54 Å². The Hall–Kier alpha value is -3.15. The van der Waals surface area contributed by atoms with Crippen molar-refractivity contribution in [1.29, 1.82) is 0 Å². The highest BCUT2D eigenvalue weighted by Gasteiger charge is 2.55. The normalized spacial score (nSPS) is 17.6. The van der Waals surface area contributed by atoms with Crippen LogP contribution < -0.4 is 5.32 Å². The minimum absolute atomic E-state index is 0.121. The highest BCUT2D eigenvalue weighted by atomic mass is 19.3. The second-order valence-electron chi connectivity index (χ2n) is 7.23. The van der Waals surface area contributed by atoms with E-state index in [1.54, 1.807) is 17.2 Å². The first-order chi connectivity index (χ1) is 14.4. The van der Waals surface area contributed by atoms with E-state index in [1.165, 1.54) is 18.5 Å². The molecule has 1 atom stereocenters. The molecular weight excluding hydrogens is 403 g/mol. The molecule has 30 heavy (non-hydrogen) atoms. The van der Waals surface area contributed by atoms with E-state index in [4.69, 9.17) is 6.42 Å². The van der Waals surface area contributed by atoms with Crippen LogP contribution in [0.5, 0.6) is 0 Å². The fraction of sp³-hybridized carbons (Fsp3) is 0.333. The van der Waals surface area contributed by atoms with Crippen LogP contribution in [0.3, 0.4) is 0 Å². The number of halogens is 5. The van der Waals surface area contributed by atoms with Crippen LogP contribution in [0.25, 0.3) is 6.08 Å². The quantitative estimate of drug-likeness (QED) is 0.532. The maximum absolute atomic E-state index is 14.6. The zero-order valence-electron chi connectivity index (χ0n) is 15.6. The molecule has 1 saturated carbocycles. The number of terminal acetylenes is 1. The molecule has 156 valence electrons. The van der Waals surface area contributed by atoms with E-state index in [0.717, 1.165) is 6.07 Å². The van der Waals surface area contributed by atoms with E-state index in [9.17, 15) is 22.0 Å². The van der Waals surface area contributed by atoms with Gasteiger partial charge in [0.15, 0.2) is 0 Å². The first-order valence-electron chi connectivity index (χ1n) is 9.23. The lowest BCUT2D eigenvalue weighted by molar-refractivity contribution is 0.0276. The van der Waals surface area contributed by atoms with Crippen molar-refractivity contribution >= 4 is 11.9 Å². The third-order valence-corrected chi connectivity index (χ3v) is 5.51. The van der Waals surface area contributed by atoms with Crippen LogP contribution in [0.4, 0.5) is 27.8 Å². The van der Waals surface area contributed by atoms with E-state index >= 15 is 0 Å². The average molecular weight is 420 g/mol. The summed E-state index contributed by atoms with van der Waals surface area (Å²) in [4.78, 5) is 9.84. The molecule has 0 radical (unpaired) electrons. The minimum Gasteiger partial charge on any atom is -0.361 e. The summed E-state index contributed by atoms with van der Waals surface area (Å²) in [5, 5.41) is 2.88. The molecule has 2 aromatic rings. The molecule has 0 unspecified atom stereocenters. The highest BCUT2D eigenvalue weighted by Crippen LogP contribution is 2.49. The van der Waals surface area contributed by atoms with Gasteiger partial charge in [-0.2, -0.15) is 0 Å². The van der Waals surface area contributed by atoms with E-state index < -0.39 is 35.8 Å². The molecule has 1 aliphatic carbocycles. The molecule has 9 heteroatoms. The van der Waals surface area contributed by atoms with Gasteiger partial charge in [0.05, 0.1) is 11.3 Å². The van der Waals surface area contributed by atoms with Gasteiger partial charge in [0.1, 0.15) is 29.5 Å². The van der Waals surface area contributed by atoms with Gasteiger partial charge in [0.2, 0.25) is 0 Å². The van der Waals surface area contributed by atoms with Crippen LogP contribution in [0.1, 0.15) is 47.7 Å². The lowest BCUT2D eigenvalue weighted by Gasteiger charge is -2.33. The molecule has 0 saturated heterocycles. The number of fused-ring (bicyclic) bond motifs is 1. The first kappa shape index (κ1) is 20.1. The fourth-order valence-electron chi connectivity index (χ4n) is 3.60. The molecular formula is C21H17F5N4. The van der Waals surface area contributed by atoms with Crippen LogP contribution >= 0.6 is 0 Å². The smallest absolute Gasteiger partial charge is 0.266 e. The highest BCUT2D eigenvalue weighted by molar-refractivity contribution is 5.61. The van der Waals surface area contributed by atoms with Crippen molar-refractivity contribution in [3.05, 3.63) is 58.9 Å². The zero-order valence-corrected chi connectivity index (χ0v) is 15.6. The number of nitrogens with zero attached hydrogens (tertiary/aromatic N) is 3. The first-order valence-corrected chi connectivity index (χ1v) is 9.23. The Labute approximate surface area is 169 Å². The van der Waals surface area contributed by atoms with Crippen molar-refractivity contribution in [2.75, 3.05) is 5.32 Å². The molecule has 1 aliphatic heterocycles. The van der Waals surface area contributed by atoms with Gasteiger partial charge in [-0.05, 0) is 18.9 Å². The molecule has 0 amide bonds. The summed E-state index contributed by atoms with van der Waals surface area (Å²) in [6, 6.07) is 2.51. The molecule has 2 aliphatic rings. The Bertz CT molecular complexity index is 1030. The van der Waals surface area contributed by atoms with Crippen LogP contribution in [0.2, 0.25) is 0 Å². The number of rotatable bonds is 6. The largest absolute Gasteiger partial charge is 0.361 e. The van der Waals surface area contributed by atoms with Gasteiger partial charge in [-0.25, -0.2) is 31.9 Å². The van der Waals surface area contributed by atoms with Gasteiger partial charge < -0.3 is 10.2 Å². The SMILES string of the molecule is C#C[C@@H](Nc1ncnc2c1CN(C1(C(F)F)CC1)C=C2)c1cccc(C(F)F)c1F. The third kappa shape index (κ3) is 3.36. The maximum atomic E-state index is 14.6. The maximum Gasteiger partial charge on any atom is 0.266 e. The standard InChI is InChI=1S/C21H17F5N4/c1-2-15(12-4-3-5-13(17(12)22)18(23)24)29-19-14-10-30(21(7-8-21)20(25)26)9-6-16(14)27-11-28-19/h1,3-6,9,11,15,18,20H,7-8,10H2,(H,27,28,29)/t15-/m1/s1. The molecule has 1 aromatic heterocycles. The van der Waals surface area contributed by atoms with Gasteiger partial charge in [-0.1, -0.05) is 24.1 Å². The van der Waals surface area contributed by atoms with Crippen molar-refractivity contribution in [1.82, 2.24) is 14.9 Å². The number of anilines is 1. The molecule has 0 spiro atoms. The van der Waals surface area contributed by atoms with Gasteiger partial charge >= 0.3 is 0 Å². The summed E-state index contributed by atoms with van der Waals surface area (Å²) in [5.41, 5.74) is -1.04. The summed E-state index contributed by atoms with van der Waals surface area (Å²) in [6.45, 7) is 0.121. The van der Waals surface area contributed by atoms with Gasteiger partial charge in [-0.3, -0.25) is 0 Å². The molecule has 0 bridgehead atoms. The number of nitrogens with one attached hydrogen (secondary N) is 1. The zero-order chi connectivity index (χ0) is 21.5. The fourth-order valence-corrected chi connectivity index (χ4v) is 3.60.